The topological polar surface area (TPSA) is 148 Å². The van der Waals surface area contributed by atoms with E-state index in [9.17, 15) is 9.18 Å². The molecule has 6 heterocycles. The van der Waals surface area contributed by atoms with Gasteiger partial charge in [0.05, 0.1) is 18.1 Å². The molecule has 13 nitrogen and oxygen atoms in total. The minimum absolute atomic E-state index is 0.0631. The van der Waals surface area contributed by atoms with Crippen LogP contribution in [0.5, 0.6) is 0 Å². The zero-order valence-corrected chi connectivity index (χ0v) is 28.0. The number of rotatable bonds is 9. The van der Waals surface area contributed by atoms with Gasteiger partial charge in [-0.3, -0.25) is 9.78 Å². The second-order valence-electron chi connectivity index (χ2n) is 13.0. The number of aliphatic imine (C=N–C) groups is 1. The number of hydrogen-bond donors (Lipinski definition) is 2. The van der Waals surface area contributed by atoms with Gasteiger partial charge in [-0.15, -0.1) is 9.90 Å². The number of benzene rings is 1. The molecule has 3 N–H and O–H groups in total. The average molecular weight is 665 g/mol. The van der Waals surface area contributed by atoms with Crippen LogP contribution in [0.25, 0.3) is 28.0 Å². The van der Waals surface area contributed by atoms with Crippen molar-refractivity contribution in [3.63, 3.8) is 0 Å². The van der Waals surface area contributed by atoms with Gasteiger partial charge in [0.15, 0.2) is 11.3 Å². The van der Waals surface area contributed by atoms with E-state index in [-0.39, 0.29) is 29.7 Å². The number of hydrogen-bond acceptors (Lipinski definition) is 9. The van der Waals surface area contributed by atoms with Crippen LogP contribution in [-0.4, -0.2) is 102 Å². The number of nitrogens with two attached hydrogens (primary N) is 1. The first kappa shape index (κ1) is 32.3. The molecule has 2 bridgehead atoms. The van der Waals surface area contributed by atoms with Crippen molar-refractivity contribution < 1.29 is 9.18 Å². The highest BCUT2D eigenvalue weighted by Crippen LogP contribution is 2.44. The molecule has 5 aromatic rings. The van der Waals surface area contributed by atoms with Gasteiger partial charge < -0.3 is 20.9 Å². The van der Waals surface area contributed by atoms with Gasteiger partial charge in [0, 0.05) is 65.7 Å². The molecule has 254 valence electrons. The van der Waals surface area contributed by atoms with Crippen LogP contribution in [0, 0.1) is 5.82 Å². The zero-order chi connectivity index (χ0) is 34.1. The molecule has 2 fully saturated rings. The standard InChI is InChI=1S/C35H41FN12O/c1-4-38-35(39-14-7-15-45(2)3)48-42-21-31(44-48)34(49)46-24-11-12-25(46)17-23(16-24)30-18-32(37)47-33(43-30)27(20-41-47)22-10-13-29(40-19-22)26-8-5-6-9-28(26)36/h5-6,8-10,13,18-21,23-25H,4,7,11-12,14-17,37H2,1-3H3,(H,38,39). The van der Waals surface area contributed by atoms with Gasteiger partial charge in [-0.1, -0.05) is 18.2 Å². The van der Waals surface area contributed by atoms with Crippen LogP contribution in [-0.2, 0) is 0 Å². The normalized spacial score (nSPS) is 19.2. The van der Waals surface area contributed by atoms with Crippen LogP contribution in [0.3, 0.4) is 0 Å². The predicted octanol–water partition coefficient (Wildman–Crippen LogP) is 4.09. The lowest BCUT2D eigenvalue weighted by molar-refractivity contribution is 0.0563. The molecule has 0 spiro atoms. The Bertz CT molecular complexity index is 1970. The molecule has 2 aliphatic rings. The number of carbonyl (C=O) groups excluding carboxylic acids is 1. The minimum atomic E-state index is -0.319. The Balaban J connectivity index is 1.08. The summed E-state index contributed by atoms with van der Waals surface area (Å²) in [5.41, 5.74) is 10.9. The fourth-order valence-electron chi connectivity index (χ4n) is 7.07. The molecule has 0 aliphatic carbocycles. The van der Waals surface area contributed by atoms with Gasteiger partial charge in [-0.25, -0.2) is 14.4 Å². The van der Waals surface area contributed by atoms with Crippen molar-refractivity contribution in [2.75, 3.05) is 39.5 Å². The van der Waals surface area contributed by atoms with E-state index in [1.54, 1.807) is 41.2 Å². The molecule has 1 aromatic carbocycles. The van der Waals surface area contributed by atoms with Crippen LogP contribution in [0.1, 0.15) is 61.1 Å². The van der Waals surface area contributed by atoms with Crippen LogP contribution < -0.4 is 11.1 Å². The molecule has 1 amide bonds. The van der Waals surface area contributed by atoms with Crippen LogP contribution in [0.4, 0.5) is 10.2 Å². The third kappa shape index (κ3) is 6.47. The summed E-state index contributed by atoms with van der Waals surface area (Å²) in [6.07, 6.45) is 9.28. The summed E-state index contributed by atoms with van der Waals surface area (Å²) >= 11 is 0. The fraction of sp³-hybridized carbons (Fsp3) is 0.400. The second kappa shape index (κ2) is 13.7. The lowest BCUT2D eigenvalue weighted by Gasteiger charge is -2.38. The smallest absolute Gasteiger partial charge is 0.276 e. The molecule has 4 aromatic heterocycles. The van der Waals surface area contributed by atoms with Crippen molar-refractivity contribution in [1.29, 1.82) is 0 Å². The highest BCUT2D eigenvalue weighted by atomic mass is 19.1. The van der Waals surface area contributed by atoms with E-state index in [2.05, 4.69) is 35.5 Å². The van der Waals surface area contributed by atoms with E-state index in [0.717, 1.165) is 55.5 Å². The largest absolute Gasteiger partial charge is 0.384 e. The number of nitrogen functional groups attached to an aromatic ring is 1. The first-order chi connectivity index (χ1) is 23.8. The SMILES string of the molecule is CCNC(=NCCCN(C)C)n1ncc(C(=O)N2C3CCC2CC(c2cc(N)n4ncc(-c5ccc(-c6ccccc6F)nc5)c4n2)C3)n1. The Morgan fingerprint density at radius 1 is 1.06 bits per heavy atom. The highest BCUT2D eigenvalue weighted by molar-refractivity contribution is 5.93. The Morgan fingerprint density at radius 3 is 2.57 bits per heavy atom. The maximum atomic E-state index is 14.3. The third-order valence-corrected chi connectivity index (χ3v) is 9.39. The van der Waals surface area contributed by atoms with E-state index >= 15 is 0 Å². The number of amides is 1. The number of piperidine rings is 1. The van der Waals surface area contributed by atoms with Crippen LogP contribution in [0.15, 0.2) is 66.0 Å². The van der Waals surface area contributed by atoms with Crippen molar-refractivity contribution in [3.8, 4) is 22.4 Å². The summed E-state index contributed by atoms with van der Waals surface area (Å²) in [6, 6.07) is 12.3. The van der Waals surface area contributed by atoms with Crippen LogP contribution >= 0.6 is 0 Å². The van der Waals surface area contributed by atoms with E-state index in [1.165, 1.54) is 17.1 Å². The molecule has 0 saturated carbocycles. The number of fused-ring (bicyclic) bond motifs is 3. The number of nitrogens with zero attached hydrogens (tertiary/aromatic N) is 10. The van der Waals surface area contributed by atoms with Crippen molar-refractivity contribution in [1.82, 2.24) is 49.7 Å². The molecule has 49 heavy (non-hydrogen) atoms. The molecule has 2 saturated heterocycles. The molecule has 0 radical (unpaired) electrons. The lowest BCUT2D eigenvalue weighted by Crippen LogP contribution is -2.46. The zero-order valence-electron chi connectivity index (χ0n) is 28.0. The van der Waals surface area contributed by atoms with Crippen LogP contribution in [0.2, 0.25) is 0 Å². The Kier molecular flexibility index (Phi) is 9.04. The maximum absolute atomic E-state index is 14.3. The van der Waals surface area contributed by atoms with Crippen molar-refractivity contribution in [2.45, 2.75) is 57.0 Å². The Morgan fingerprint density at radius 2 is 1.86 bits per heavy atom. The monoisotopic (exact) mass is 664 g/mol. The molecule has 2 atom stereocenters. The summed E-state index contributed by atoms with van der Waals surface area (Å²) in [4.78, 5) is 33.6. The summed E-state index contributed by atoms with van der Waals surface area (Å²) < 4.78 is 16.0. The second-order valence-corrected chi connectivity index (χ2v) is 13.0. The van der Waals surface area contributed by atoms with E-state index in [1.807, 2.05) is 38.1 Å². The summed E-state index contributed by atoms with van der Waals surface area (Å²) in [5, 5.41) is 16.7. The summed E-state index contributed by atoms with van der Waals surface area (Å²) in [7, 11) is 4.07. The third-order valence-electron chi connectivity index (χ3n) is 9.39. The Hall–Kier alpha value is -5.24. The maximum Gasteiger partial charge on any atom is 0.276 e. The van der Waals surface area contributed by atoms with Gasteiger partial charge in [0.25, 0.3) is 5.91 Å². The number of anilines is 1. The van der Waals surface area contributed by atoms with E-state index < -0.39 is 0 Å². The number of halogens is 1. The fourth-order valence-corrected chi connectivity index (χ4v) is 7.07. The van der Waals surface area contributed by atoms with Gasteiger partial charge in [-0.05, 0) is 77.9 Å². The predicted molar refractivity (Wildman–Crippen MR) is 186 cm³/mol. The number of pyridine rings is 1. The molecule has 14 heteroatoms. The minimum Gasteiger partial charge on any atom is -0.384 e. The quantitative estimate of drug-likeness (QED) is 0.135. The lowest BCUT2D eigenvalue weighted by atomic mass is 9.87. The summed E-state index contributed by atoms with van der Waals surface area (Å²) in [6.45, 7) is 4.22. The molecular formula is C35H41FN12O. The molecule has 7 rings (SSSR count). The van der Waals surface area contributed by atoms with Crippen molar-refractivity contribution >= 4 is 23.3 Å². The first-order valence-electron chi connectivity index (χ1n) is 16.8. The van der Waals surface area contributed by atoms with Gasteiger partial charge >= 0.3 is 0 Å². The average Bonchev–Trinajstić information content (AvgIpc) is 3.83. The molecular weight excluding hydrogens is 623 g/mol. The van der Waals surface area contributed by atoms with E-state index in [4.69, 9.17) is 10.7 Å². The number of carbonyl (C=O) groups is 1. The first-order valence-corrected chi connectivity index (χ1v) is 16.8. The highest BCUT2D eigenvalue weighted by Gasteiger charge is 2.45. The van der Waals surface area contributed by atoms with Crippen molar-refractivity contribution in [2.24, 2.45) is 4.99 Å². The van der Waals surface area contributed by atoms with E-state index in [0.29, 0.717) is 47.5 Å². The molecule has 2 unspecified atom stereocenters. The summed E-state index contributed by atoms with van der Waals surface area (Å²) in [5.74, 6) is 0.735. The number of aromatic nitrogens is 7. The van der Waals surface area contributed by atoms with Gasteiger partial charge in [0.1, 0.15) is 11.6 Å². The number of nitrogens with one attached hydrogen (secondary N) is 1. The van der Waals surface area contributed by atoms with Gasteiger partial charge in [-0.2, -0.15) is 14.7 Å². The molecule has 2 aliphatic heterocycles. The van der Waals surface area contributed by atoms with Crippen molar-refractivity contribution in [3.05, 3.63) is 78.3 Å². The van der Waals surface area contributed by atoms with Gasteiger partial charge in [0.2, 0.25) is 5.96 Å². The Labute approximate surface area is 284 Å².